The van der Waals surface area contributed by atoms with Crippen molar-refractivity contribution in [1.82, 2.24) is 5.32 Å². The summed E-state index contributed by atoms with van der Waals surface area (Å²) in [7, 11) is 0. The molecule has 0 spiro atoms. The molecular weight excluding hydrogens is 224 g/mol. The van der Waals surface area contributed by atoms with Crippen LogP contribution in [0.4, 0.5) is 0 Å². The molecule has 3 nitrogen and oxygen atoms in total. The molecular formula is C15H20N2O. The topological polar surface area (TPSA) is 45.0 Å². The van der Waals surface area contributed by atoms with E-state index in [1.54, 1.807) is 0 Å². The van der Waals surface area contributed by atoms with E-state index in [0.29, 0.717) is 12.1 Å². The molecule has 1 aromatic carbocycles. The molecule has 1 N–H and O–H groups in total. The van der Waals surface area contributed by atoms with E-state index in [2.05, 4.69) is 18.3 Å². The van der Waals surface area contributed by atoms with Crippen molar-refractivity contribution >= 4 is 0 Å². The predicted molar refractivity (Wildman–Crippen MR) is 71.0 cm³/mol. The highest BCUT2D eigenvalue weighted by Gasteiger charge is 2.20. The van der Waals surface area contributed by atoms with Crippen molar-refractivity contribution in [3.63, 3.8) is 0 Å². The molecule has 0 aliphatic carbocycles. The minimum absolute atomic E-state index is 0.414. The fourth-order valence-corrected chi connectivity index (χ4v) is 2.31. The van der Waals surface area contributed by atoms with Crippen LogP contribution in [0.25, 0.3) is 0 Å². The summed E-state index contributed by atoms with van der Waals surface area (Å²) in [6.45, 7) is 3.91. The van der Waals surface area contributed by atoms with Crippen LogP contribution in [0.3, 0.4) is 0 Å². The highest BCUT2D eigenvalue weighted by Crippen LogP contribution is 2.16. The molecule has 3 heteroatoms. The number of ether oxygens (including phenoxy) is 1. The lowest BCUT2D eigenvalue weighted by Crippen LogP contribution is -2.38. The summed E-state index contributed by atoms with van der Waals surface area (Å²) in [6, 6.07) is 10.5. The second-order valence-corrected chi connectivity index (χ2v) is 4.81. The van der Waals surface area contributed by atoms with Gasteiger partial charge in [-0.2, -0.15) is 5.26 Å². The monoisotopic (exact) mass is 244 g/mol. The number of nitrogens with zero attached hydrogens (tertiary/aromatic N) is 1. The number of benzene rings is 1. The molecule has 1 heterocycles. The van der Waals surface area contributed by atoms with Gasteiger partial charge < -0.3 is 10.1 Å². The molecule has 2 rings (SSSR count). The van der Waals surface area contributed by atoms with Gasteiger partial charge in [0.05, 0.1) is 17.7 Å². The van der Waals surface area contributed by atoms with Crippen molar-refractivity contribution in [2.45, 2.75) is 44.9 Å². The minimum Gasteiger partial charge on any atom is -0.378 e. The van der Waals surface area contributed by atoms with E-state index in [1.807, 2.05) is 24.3 Å². The van der Waals surface area contributed by atoms with Crippen molar-refractivity contribution in [2.75, 3.05) is 6.61 Å². The van der Waals surface area contributed by atoms with Crippen LogP contribution in [-0.4, -0.2) is 18.8 Å². The molecule has 2 atom stereocenters. The Morgan fingerprint density at radius 2 is 2.17 bits per heavy atom. The summed E-state index contributed by atoms with van der Waals surface area (Å²) in [5.41, 5.74) is 1.95. The second kappa shape index (κ2) is 6.53. The van der Waals surface area contributed by atoms with E-state index in [0.717, 1.165) is 38.0 Å². The van der Waals surface area contributed by atoms with Crippen LogP contribution >= 0.6 is 0 Å². The van der Waals surface area contributed by atoms with Gasteiger partial charge in [0.15, 0.2) is 0 Å². The van der Waals surface area contributed by atoms with E-state index < -0.39 is 0 Å². The maximum Gasteiger partial charge on any atom is 0.0991 e. The highest BCUT2D eigenvalue weighted by atomic mass is 16.5. The van der Waals surface area contributed by atoms with Crippen LogP contribution in [0.1, 0.15) is 37.3 Å². The average molecular weight is 244 g/mol. The smallest absolute Gasteiger partial charge is 0.0991 e. The molecule has 0 radical (unpaired) electrons. The molecule has 1 fully saturated rings. The lowest BCUT2D eigenvalue weighted by atomic mass is 10.0. The van der Waals surface area contributed by atoms with Crippen LogP contribution in [0.15, 0.2) is 24.3 Å². The van der Waals surface area contributed by atoms with Crippen LogP contribution in [0, 0.1) is 11.3 Å². The number of nitriles is 1. The van der Waals surface area contributed by atoms with Gasteiger partial charge in [0, 0.05) is 19.2 Å². The zero-order chi connectivity index (χ0) is 12.8. The Morgan fingerprint density at radius 3 is 2.83 bits per heavy atom. The third-order valence-corrected chi connectivity index (χ3v) is 3.50. The molecule has 18 heavy (non-hydrogen) atoms. The number of nitrogens with one attached hydrogen (secondary N) is 1. The molecule has 0 amide bonds. The minimum atomic E-state index is 0.414. The third-order valence-electron chi connectivity index (χ3n) is 3.50. The Balaban J connectivity index is 1.81. The first-order chi connectivity index (χ1) is 8.81. The van der Waals surface area contributed by atoms with Crippen molar-refractivity contribution < 1.29 is 4.74 Å². The quantitative estimate of drug-likeness (QED) is 0.885. The summed E-state index contributed by atoms with van der Waals surface area (Å²) < 4.78 is 5.66. The van der Waals surface area contributed by atoms with Gasteiger partial charge in [0.25, 0.3) is 0 Å². The highest BCUT2D eigenvalue weighted by molar-refractivity contribution is 5.31. The Bertz CT molecular complexity index is 407. The average Bonchev–Trinajstić information content (AvgIpc) is 2.46. The molecule has 1 aromatic rings. The third kappa shape index (κ3) is 3.56. The molecule has 0 saturated carbocycles. The number of hydrogen-bond donors (Lipinski definition) is 1. The molecule has 1 aliphatic heterocycles. The molecule has 0 bridgehead atoms. The van der Waals surface area contributed by atoms with Crippen molar-refractivity contribution in [1.29, 1.82) is 5.26 Å². The standard InChI is InChI=1S/C15H20N2O/c1-2-15-9-14(7-8-18-15)17-11-13-5-3-12(10-16)4-6-13/h3-6,14-15,17H,2,7-9,11H2,1H3. The van der Waals surface area contributed by atoms with E-state index in [9.17, 15) is 0 Å². The summed E-state index contributed by atoms with van der Waals surface area (Å²) in [6.07, 6.45) is 3.70. The zero-order valence-electron chi connectivity index (χ0n) is 10.9. The summed E-state index contributed by atoms with van der Waals surface area (Å²) >= 11 is 0. The fraction of sp³-hybridized carbons (Fsp3) is 0.533. The fourth-order valence-electron chi connectivity index (χ4n) is 2.31. The van der Waals surface area contributed by atoms with Gasteiger partial charge in [-0.1, -0.05) is 19.1 Å². The Hall–Kier alpha value is -1.37. The Kier molecular flexibility index (Phi) is 4.74. The van der Waals surface area contributed by atoms with Gasteiger partial charge in [-0.3, -0.25) is 0 Å². The zero-order valence-corrected chi connectivity index (χ0v) is 10.9. The molecule has 0 aromatic heterocycles. The number of hydrogen-bond acceptors (Lipinski definition) is 3. The summed E-state index contributed by atoms with van der Waals surface area (Å²) in [5.74, 6) is 0. The van der Waals surface area contributed by atoms with Gasteiger partial charge in [-0.25, -0.2) is 0 Å². The first kappa shape index (κ1) is 13.1. The predicted octanol–water partition coefficient (Wildman–Crippen LogP) is 2.61. The van der Waals surface area contributed by atoms with Crippen molar-refractivity contribution in [3.8, 4) is 6.07 Å². The molecule has 2 unspecified atom stereocenters. The van der Waals surface area contributed by atoms with Crippen LogP contribution in [-0.2, 0) is 11.3 Å². The Labute approximate surface area is 109 Å². The maximum atomic E-state index is 8.74. The first-order valence-electron chi connectivity index (χ1n) is 6.66. The number of rotatable bonds is 4. The van der Waals surface area contributed by atoms with Gasteiger partial charge >= 0.3 is 0 Å². The van der Waals surface area contributed by atoms with E-state index in [1.165, 1.54) is 5.56 Å². The largest absolute Gasteiger partial charge is 0.378 e. The van der Waals surface area contributed by atoms with Crippen LogP contribution in [0.5, 0.6) is 0 Å². The maximum absolute atomic E-state index is 8.74. The summed E-state index contributed by atoms with van der Waals surface area (Å²) in [4.78, 5) is 0. The van der Waals surface area contributed by atoms with Gasteiger partial charge in [-0.15, -0.1) is 0 Å². The van der Waals surface area contributed by atoms with Crippen LogP contribution < -0.4 is 5.32 Å². The SMILES string of the molecule is CCC1CC(NCc2ccc(C#N)cc2)CCO1. The van der Waals surface area contributed by atoms with E-state index >= 15 is 0 Å². The summed E-state index contributed by atoms with van der Waals surface area (Å²) in [5, 5.41) is 12.3. The van der Waals surface area contributed by atoms with E-state index in [4.69, 9.17) is 10.00 Å². The van der Waals surface area contributed by atoms with Crippen molar-refractivity contribution in [3.05, 3.63) is 35.4 Å². The Morgan fingerprint density at radius 1 is 1.39 bits per heavy atom. The first-order valence-corrected chi connectivity index (χ1v) is 6.66. The lowest BCUT2D eigenvalue weighted by molar-refractivity contribution is -0.000318. The lowest BCUT2D eigenvalue weighted by Gasteiger charge is -2.29. The molecule has 96 valence electrons. The van der Waals surface area contributed by atoms with Crippen LogP contribution in [0.2, 0.25) is 0 Å². The molecule has 1 aliphatic rings. The van der Waals surface area contributed by atoms with Gasteiger partial charge in [0.2, 0.25) is 0 Å². The van der Waals surface area contributed by atoms with Crippen molar-refractivity contribution in [2.24, 2.45) is 0 Å². The normalized spacial score (nSPS) is 23.6. The van der Waals surface area contributed by atoms with Gasteiger partial charge in [-0.05, 0) is 37.0 Å². The van der Waals surface area contributed by atoms with Gasteiger partial charge in [0.1, 0.15) is 0 Å². The second-order valence-electron chi connectivity index (χ2n) is 4.81. The molecule has 1 saturated heterocycles. The van der Waals surface area contributed by atoms with E-state index in [-0.39, 0.29) is 0 Å².